The number of anilines is 1. The number of nitrogens with zero attached hydrogens (tertiary/aromatic N) is 3. The Hall–Kier alpha value is -3.26. The van der Waals surface area contributed by atoms with Crippen LogP contribution >= 0.6 is 11.8 Å². The molecule has 172 valence electrons. The second-order valence-electron chi connectivity index (χ2n) is 7.88. The molecule has 1 aliphatic rings. The largest absolute Gasteiger partial charge is 0.489 e. The number of benzene rings is 2. The van der Waals surface area contributed by atoms with E-state index in [1.54, 1.807) is 16.4 Å². The van der Waals surface area contributed by atoms with Gasteiger partial charge in [0.1, 0.15) is 18.4 Å². The molecule has 33 heavy (non-hydrogen) atoms. The Labute approximate surface area is 198 Å². The van der Waals surface area contributed by atoms with Crippen molar-refractivity contribution >= 4 is 23.7 Å². The molecule has 2 aromatic carbocycles. The predicted molar refractivity (Wildman–Crippen MR) is 129 cm³/mol. The van der Waals surface area contributed by atoms with Crippen molar-refractivity contribution in [1.29, 1.82) is 0 Å². The van der Waals surface area contributed by atoms with E-state index >= 15 is 0 Å². The lowest BCUT2D eigenvalue weighted by atomic mass is 9.95. The minimum Gasteiger partial charge on any atom is -0.489 e. The molecule has 1 unspecified atom stereocenters. The molecule has 0 spiro atoms. The molecule has 0 amide bonds. The monoisotopic (exact) mass is 464 g/mol. The minimum absolute atomic E-state index is 0.415. The van der Waals surface area contributed by atoms with Crippen molar-refractivity contribution in [2.24, 2.45) is 0 Å². The van der Waals surface area contributed by atoms with Crippen molar-refractivity contribution < 1.29 is 14.3 Å². The summed E-state index contributed by atoms with van der Waals surface area (Å²) in [6, 6.07) is 15.5. The summed E-state index contributed by atoms with van der Waals surface area (Å²) in [5, 5.41) is 8.61. The van der Waals surface area contributed by atoms with Gasteiger partial charge in [0.05, 0.1) is 12.7 Å². The Morgan fingerprint density at radius 2 is 1.91 bits per heavy atom. The van der Waals surface area contributed by atoms with E-state index < -0.39 is 12.0 Å². The molecular weight excluding hydrogens is 436 g/mol. The van der Waals surface area contributed by atoms with Crippen molar-refractivity contribution in [2.75, 3.05) is 18.2 Å². The van der Waals surface area contributed by atoms with Crippen LogP contribution in [0.25, 0.3) is 0 Å². The number of methoxy groups -OCH3 is 1. The van der Waals surface area contributed by atoms with Gasteiger partial charge in [-0.15, -0.1) is 5.10 Å². The Morgan fingerprint density at radius 1 is 1.15 bits per heavy atom. The molecule has 2 heterocycles. The van der Waals surface area contributed by atoms with Gasteiger partial charge >= 0.3 is 5.97 Å². The Balaban J connectivity index is 1.74. The predicted octanol–water partition coefficient (Wildman–Crippen LogP) is 5.13. The number of ether oxygens (including phenoxy) is 2. The van der Waals surface area contributed by atoms with Gasteiger partial charge in [0.15, 0.2) is 0 Å². The normalized spacial score (nSPS) is 15.1. The van der Waals surface area contributed by atoms with E-state index in [-0.39, 0.29) is 0 Å². The summed E-state index contributed by atoms with van der Waals surface area (Å²) >= 11 is 1.59. The number of fused-ring (bicyclic) bond motifs is 1. The molecular formula is C25H28N4O3S. The number of hydrogen-bond donors (Lipinski definition) is 1. The molecule has 1 aromatic heterocycles. The highest BCUT2D eigenvalue weighted by molar-refractivity contribution is 7.99. The highest BCUT2D eigenvalue weighted by Crippen LogP contribution is 2.40. The van der Waals surface area contributed by atoms with Crippen LogP contribution in [0.15, 0.2) is 65.0 Å². The number of rotatable bonds is 8. The lowest BCUT2D eigenvalue weighted by molar-refractivity contribution is -0.136. The van der Waals surface area contributed by atoms with Gasteiger partial charge in [-0.05, 0) is 31.9 Å². The standard InChI is InChI=1S/C25H28N4O3S/c1-5-14-33-25-27-24-26-17(3)21(23(30)31-4)22(29(24)28-25)19-8-6-7-9-20(19)32-15-18-12-10-16(2)11-13-18/h6-13,22H,5,14-15H2,1-4H3,(H,26,27,28). The van der Waals surface area contributed by atoms with E-state index in [4.69, 9.17) is 14.6 Å². The summed E-state index contributed by atoms with van der Waals surface area (Å²) in [4.78, 5) is 17.5. The number of carbonyl (C=O) groups is 1. The van der Waals surface area contributed by atoms with Crippen LogP contribution in [-0.4, -0.2) is 33.6 Å². The zero-order chi connectivity index (χ0) is 23.4. The van der Waals surface area contributed by atoms with Gasteiger partial charge in [-0.25, -0.2) is 9.48 Å². The van der Waals surface area contributed by atoms with Gasteiger partial charge in [0, 0.05) is 17.0 Å². The quantitative estimate of drug-likeness (QED) is 0.366. The van der Waals surface area contributed by atoms with E-state index in [1.165, 1.54) is 12.7 Å². The highest BCUT2D eigenvalue weighted by Gasteiger charge is 2.36. The fourth-order valence-corrected chi connectivity index (χ4v) is 4.41. The van der Waals surface area contributed by atoms with E-state index in [0.717, 1.165) is 23.3 Å². The maximum atomic E-state index is 12.8. The first-order chi connectivity index (χ1) is 16.0. The Bertz CT molecular complexity index is 1170. The number of aryl methyl sites for hydroxylation is 1. The Kier molecular flexibility index (Phi) is 7.03. The van der Waals surface area contributed by atoms with Crippen LogP contribution in [-0.2, 0) is 16.1 Å². The second kappa shape index (κ2) is 10.1. The van der Waals surface area contributed by atoms with Crippen molar-refractivity contribution in [3.05, 3.63) is 76.5 Å². The first-order valence-electron chi connectivity index (χ1n) is 10.9. The summed E-state index contributed by atoms with van der Waals surface area (Å²) in [6.45, 7) is 6.45. The van der Waals surface area contributed by atoms with Gasteiger partial charge in [0.2, 0.25) is 11.1 Å². The zero-order valence-electron chi connectivity index (χ0n) is 19.3. The molecule has 4 rings (SSSR count). The SMILES string of the molecule is CCCSc1nc2n(n1)C(c1ccccc1OCc1ccc(C)cc1)C(C(=O)OC)=C(C)N2. The number of allylic oxidation sites excluding steroid dienone is 1. The summed E-state index contributed by atoms with van der Waals surface area (Å²) < 4.78 is 13.1. The third-order valence-corrected chi connectivity index (χ3v) is 6.45. The van der Waals surface area contributed by atoms with E-state index in [0.29, 0.717) is 34.7 Å². The zero-order valence-corrected chi connectivity index (χ0v) is 20.1. The van der Waals surface area contributed by atoms with E-state index in [9.17, 15) is 4.79 Å². The van der Waals surface area contributed by atoms with Gasteiger partial charge in [-0.3, -0.25) is 0 Å². The van der Waals surface area contributed by atoms with Gasteiger partial charge in [0.25, 0.3) is 0 Å². The number of thioether (sulfide) groups is 1. The van der Waals surface area contributed by atoms with Gasteiger partial charge in [-0.1, -0.05) is 66.7 Å². The molecule has 7 nitrogen and oxygen atoms in total. The molecule has 1 atom stereocenters. The number of esters is 1. The lowest BCUT2D eigenvalue weighted by Crippen LogP contribution is -2.29. The fraction of sp³-hybridized carbons (Fsp3) is 0.320. The number of para-hydroxylation sites is 1. The van der Waals surface area contributed by atoms with Crippen molar-refractivity contribution in [1.82, 2.24) is 14.8 Å². The van der Waals surface area contributed by atoms with Crippen molar-refractivity contribution in [2.45, 2.75) is 45.0 Å². The Morgan fingerprint density at radius 3 is 2.64 bits per heavy atom. The van der Waals surface area contributed by atoms with Crippen LogP contribution in [0.3, 0.4) is 0 Å². The average Bonchev–Trinajstić information content (AvgIpc) is 3.23. The first-order valence-corrected chi connectivity index (χ1v) is 11.9. The average molecular weight is 465 g/mol. The van der Waals surface area contributed by atoms with Crippen LogP contribution in [0, 0.1) is 6.92 Å². The topological polar surface area (TPSA) is 78.3 Å². The second-order valence-corrected chi connectivity index (χ2v) is 8.94. The first kappa shape index (κ1) is 22.9. The number of hydrogen-bond acceptors (Lipinski definition) is 7. The molecule has 0 saturated carbocycles. The third-order valence-electron chi connectivity index (χ3n) is 5.40. The van der Waals surface area contributed by atoms with E-state index in [2.05, 4.69) is 48.4 Å². The fourth-order valence-electron chi connectivity index (χ4n) is 3.73. The van der Waals surface area contributed by atoms with Crippen LogP contribution < -0.4 is 10.1 Å². The number of nitrogens with one attached hydrogen (secondary N) is 1. The summed E-state index contributed by atoms with van der Waals surface area (Å²) in [6.07, 6.45) is 1.02. The smallest absolute Gasteiger partial charge is 0.338 e. The molecule has 0 bridgehead atoms. The van der Waals surface area contributed by atoms with Gasteiger partial charge < -0.3 is 14.8 Å². The number of carbonyl (C=O) groups excluding carboxylic acids is 1. The molecule has 0 radical (unpaired) electrons. The molecule has 0 saturated heterocycles. The summed E-state index contributed by atoms with van der Waals surface area (Å²) in [5.41, 5.74) is 4.26. The molecule has 1 N–H and O–H groups in total. The van der Waals surface area contributed by atoms with Crippen LogP contribution in [0.2, 0.25) is 0 Å². The van der Waals surface area contributed by atoms with Crippen molar-refractivity contribution in [3.63, 3.8) is 0 Å². The van der Waals surface area contributed by atoms with E-state index in [1.807, 2.05) is 31.2 Å². The molecule has 1 aliphatic heterocycles. The maximum absolute atomic E-state index is 12.8. The molecule has 8 heteroatoms. The van der Waals surface area contributed by atoms with Crippen LogP contribution in [0.4, 0.5) is 5.95 Å². The maximum Gasteiger partial charge on any atom is 0.338 e. The van der Waals surface area contributed by atoms with Gasteiger partial charge in [-0.2, -0.15) is 4.98 Å². The summed E-state index contributed by atoms with van der Waals surface area (Å²) in [5.74, 6) is 1.78. The third kappa shape index (κ3) is 4.90. The summed E-state index contributed by atoms with van der Waals surface area (Å²) in [7, 11) is 1.39. The highest BCUT2D eigenvalue weighted by atomic mass is 32.2. The lowest BCUT2D eigenvalue weighted by Gasteiger charge is -2.29. The van der Waals surface area contributed by atoms with Crippen LogP contribution in [0.5, 0.6) is 5.75 Å². The minimum atomic E-state index is -0.522. The molecule has 0 aliphatic carbocycles. The van der Waals surface area contributed by atoms with Crippen LogP contribution in [0.1, 0.15) is 43.0 Å². The molecule has 3 aromatic rings. The molecule has 0 fully saturated rings. The number of aromatic nitrogens is 3. The van der Waals surface area contributed by atoms with Crippen molar-refractivity contribution in [3.8, 4) is 5.75 Å².